The lowest BCUT2D eigenvalue weighted by Crippen LogP contribution is -2.39. The van der Waals surface area contributed by atoms with E-state index in [1.54, 1.807) is 6.20 Å². The molecule has 0 aliphatic carbocycles. The van der Waals surface area contributed by atoms with Gasteiger partial charge in [-0.15, -0.1) is 0 Å². The number of benzene rings is 1. The molecule has 1 aromatic carbocycles. The number of aliphatic hydroxyl groups excluding tert-OH is 1. The second-order valence-electron chi connectivity index (χ2n) is 7.21. The topological polar surface area (TPSA) is 88.2 Å². The van der Waals surface area contributed by atoms with Crippen molar-refractivity contribution >= 4 is 0 Å². The van der Waals surface area contributed by atoms with Crippen molar-refractivity contribution in [3.63, 3.8) is 0 Å². The molecule has 1 fully saturated rings. The molecular formula is C21H25N5O2. The first kappa shape index (κ1) is 18.7. The van der Waals surface area contributed by atoms with Gasteiger partial charge in [-0.1, -0.05) is 35.8 Å². The Bertz CT molecular complexity index is 907. The molecule has 3 heterocycles. The zero-order chi connectivity index (χ0) is 19.3. The SMILES string of the molecule is Cc1nccc(-c2ccc(-c3noc(CN4CCCCC4CCO)n3)cc2)n1. The summed E-state index contributed by atoms with van der Waals surface area (Å²) >= 11 is 0. The van der Waals surface area contributed by atoms with Gasteiger partial charge in [-0.3, -0.25) is 4.90 Å². The van der Waals surface area contributed by atoms with E-state index >= 15 is 0 Å². The van der Waals surface area contributed by atoms with Crippen LogP contribution in [0.25, 0.3) is 22.6 Å². The smallest absolute Gasteiger partial charge is 0.241 e. The minimum Gasteiger partial charge on any atom is -0.396 e. The van der Waals surface area contributed by atoms with Crippen molar-refractivity contribution in [3.05, 3.63) is 48.2 Å². The van der Waals surface area contributed by atoms with E-state index in [1.165, 1.54) is 12.8 Å². The molecular weight excluding hydrogens is 354 g/mol. The van der Waals surface area contributed by atoms with Gasteiger partial charge in [0.15, 0.2) is 0 Å². The summed E-state index contributed by atoms with van der Waals surface area (Å²) in [4.78, 5) is 15.5. The second kappa shape index (κ2) is 8.58. The Balaban J connectivity index is 1.46. The molecule has 1 aliphatic heterocycles. The molecule has 0 amide bonds. The van der Waals surface area contributed by atoms with Gasteiger partial charge in [0.05, 0.1) is 12.2 Å². The Morgan fingerprint density at radius 3 is 2.71 bits per heavy atom. The van der Waals surface area contributed by atoms with Gasteiger partial charge in [-0.05, 0) is 38.8 Å². The largest absolute Gasteiger partial charge is 0.396 e. The van der Waals surface area contributed by atoms with Gasteiger partial charge in [0.1, 0.15) is 5.82 Å². The number of piperidine rings is 1. The van der Waals surface area contributed by atoms with E-state index in [0.29, 0.717) is 24.3 Å². The van der Waals surface area contributed by atoms with E-state index in [2.05, 4.69) is 25.0 Å². The van der Waals surface area contributed by atoms with Crippen LogP contribution in [0.3, 0.4) is 0 Å². The summed E-state index contributed by atoms with van der Waals surface area (Å²) < 4.78 is 5.49. The number of rotatable bonds is 6. The lowest BCUT2D eigenvalue weighted by molar-refractivity contribution is 0.100. The van der Waals surface area contributed by atoms with Gasteiger partial charge < -0.3 is 9.63 Å². The monoisotopic (exact) mass is 379 g/mol. The Morgan fingerprint density at radius 2 is 1.93 bits per heavy atom. The first-order valence-electron chi connectivity index (χ1n) is 9.81. The lowest BCUT2D eigenvalue weighted by atomic mass is 10.00. The van der Waals surface area contributed by atoms with Crippen molar-refractivity contribution in [3.8, 4) is 22.6 Å². The number of likely N-dealkylation sites (tertiary alicyclic amines) is 1. The minimum atomic E-state index is 0.217. The van der Waals surface area contributed by atoms with Crippen LogP contribution in [-0.2, 0) is 6.54 Å². The summed E-state index contributed by atoms with van der Waals surface area (Å²) in [5.74, 6) is 1.97. The van der Waals surface area contributed by atoms with Crippen molar-refractivity contribution in [1.82, 2.24) is 25.0 Å². The number of aryl methyl sites for hydroxylation is 1. The molecule has 1 saturated heterocycles. The highest BCUT2D eigenvalue weighted by Crippen LogP contribution is 2.24. The molecule has 1 unspecified atom stereocenters. The maximum absolute atomic E-state index is 9.29. The molecule has 0 radical (unpaired) electrons. The second-order valence-corrected chi connectivity index (χ2v) is 7.21. The molecule has 4 rings (SSSR count). The maximum Gasteiger partial charge on any atom is 0.241 e. The third kappa shape index (κ3) is 4.26. The summed E-state index contributed by atoms with van der Waals surface area (Å²) in [5, 5.41) is 13.4. The molecule has 7 nitrogen and oxygen atoms in total. The van der Waals surface area contributed by atoms with E-state index in [9.17, 15) is 5.11 Å². The van der Waals surface area contributed by atoms with Gasteiger partial charge in [0.25, 0.3) is 0 Å². The number of hydrogen-bond acceptors (Lipinski definition) is 7. The van der Waals surface area contributed by atoms with Crippen LogP contribution in [0.4, 0.5) is 0 Å². The maximum atomic E-state index is 9.29. The standard InChI is InChI=1S/C21H25N5O2/c1-15-22-11-9-19(23-15)16-5-7-17(8-6-16)21-24-20(28-25-21)14-26-12-3-2-4-18(26)10-13-27/h5-9,11,18,27H,2-4,10,12-14H2,1H3. The van der Waals surface area contributed by atoms with Crippen LogP contribution < -0.4 is 0 Å². The molecule has 7 heteroatoms. The molecule has 0 spiro atoms. The fourth-order valence-corrected chi connectivity index (χ4v) is 3.76. The lowest BCUT2D eigenvalue weighted by Gasteiger charge is -2.34. The number of nitrogens with zero attached hydrogens (tertiary/aromatic N) is 5. The van der Waals surface area contributed by atoms with Crippen molar-refractivity contribution in [2.75, 3.05) is 13.2 Å². The molecule has 2 aromatic heterocycles. The summed E-state index contributed by atoms with van der Waals surface area (Å²) in [7, 11) is 0. The molecule has 28 heavy (non-hydrogen) atoms. The van der Waals surface area contributed by atoms with E-state index in [1.807, 2.05) is 37.3 Å². The van der Waals surface area contributed by atoms with E-state index < -0.39 is 0 Å². The Morgan fingerprint density at radius 1 is 1.11 bits per heavy atom. The molecule has 0 saturated carbocycles. The zero-order valence-corrected chi connectivity index (χ0v) is 16.1. The Labute approximate surface area is 164 Å². The molecule has 1 N–H and O–H groups in total. The highest BCUT2D eigenvalue weighted by molar-refractivity contribution is 5.64. The van der Waals surface area contributed by atoms with Crippen molar-refractivity contribution < 1.29 is 9.63 Å². The molecule has 1 atom stereocenters. The van der Waals surface area contributed by atoms with Gasteiger partial charge in [0.2, 0.25) is 11.7 Å². The van der Waals surface area contributed by atoms with Crippen molar-refractivity contribution in [2.45, 2.75) is 45.2 Å². The normalized spacial score (nSPS) is 17.7. The van der Waals surface area contributed by atoms with Crippen LogP contribution in [0.2, 0.25) is 0 Å². The molecule has 0 bridgehead atoms. The molecule has 1 aliphatic rings. The minimum absolute atomic E-state index is 0.217. The number of hydrogen-bond donors (Lipinski definition) is 1. The summed E-state index contributed by atoms with van der Waals surface area (Å²) in [6, 6.07) is 10.3. The number of aliphatic hydroxyl groups is 1. The van der Waals surface area contributed by atoms with Crippen LogP contribution in [-0.4, -0.2) is 49.3 Å². The van der Waals surface area contributed by atoms with Crippen LogP contribution >= 0.6 is 0 Å². The predicted molar refractivity (Wildman–Crippen MR) is 105 cm³/mol. The Hall–Kier alpha value is -2.64. The van der Waals surface area contributed by atoms with E-state index in [-0.39, 0.29) is 6.61 Å². The third-order valence-corrected chi connectivity index (χ3v) is 5.23. The van der Waals surface area contributed by atoms with E-state index in [4.69, 9.17) is 4.52 Å². The van der Waals surface area contributed by atoms with Crippen LogP contribution in [0.15, 0.2) is 41.1 Å². The quantitative estimate of drug-likeness (QED) is 0.703. The third-order valence-electron chi connectivity index (χ3n) is 5.23. The van der Waals surface area contributed by atoms with Gasteiger partial charge in [0, 0.05) is 30.0 Å². The Kier molecular flexibility index (Phi) is 5.73. The fourth-order valence-electron chi connectivity index (χ4n) is 3.76. The summed E-state index contributed by atoms with van der Waals surface area (Å²) in [6.45, 7) is 3.74. The first-order chi connectivity index (χ1) is 13.7. The van der Waals surface area contributed by atoms with Crippen molar-refractivity contribution in [1.29, 1.82) is 0 Å². The molecule has 146 valence electrons. The average Bonchev–Trinajstić information content (AvgIpc) is 3.18. The van der Waals surface area contributed by atoms with Crippen LogP contribution in [0.1, 0.15) is 37.4 Å². The zero-order valence-electron chi connectivity index (χ0n) is 16.1. The first-order valence-corrected chi connectivity index (χ1v) is 9.81. The summed E-state index contributed by atoms with van der Waals surface area (Å²) in [5.41, 5.74) is 2.83. The highest BCUT2D eigenvalue weighted by Gasteiger charge is 2.24. The van der Waals surface area contributed by atoms with E-state index in [0.717, 1.165) is 42.0 Å². The van der Waals surface area contributed by atoms with Gasteiger partial charge >= 0.3 is 0 Å². The van der Waals surface area contributed by atoms with Crippen LogP contribution in [0.5, 0.6) is 0 Å². The average molecular weight is 379 g/mol. The van der Waals surface area contributed by atoms with Gasteiger partial charge in [-0.2, -0.15) is 4.98 Å². The predicted octanol–water partition coefficient (Wildman–Crippen LogP) is 3.24. The van der Waals surface area contributed by atoms with Gasteiger partial charge in [-0.25, -0.2) is 9.97 Å². The number of aromatic nitrogens is 4. The fraction of sp³-hybridized carbons (Fsp3) is 0.429. The van der Waals surface area contributed by atoms with Crippen LogP contribution in [0, 0.1) is 6.92 Å². The molecule has 3 aromatic rings. The summed E-state index contributed by atoms with van der Waals surface area (Å²) in [6.07, 6.45) is 6.07. The highest BCUT2D eigenvalue weighted by atomic mass is 16.5. The van der Waals surface area contributed by atoms with Crippen molar-refractivity contribution in [2.24, 2.45) is 0 Å².